The number of aromatic nitrogens is 1. The molecule has 0 bridgehead atoms. The highest BCUT2D eigenvalue weighted by Gasteiger charge is 1.93. The van der Waals surface area contributed by atoms with Crippen LogP contribution in [0.3, 0.4) is 0 Å². The summed E-state index contributed by atoms with van der Waals surface area (Å²) in [5, 5.41) is 0. The van der Waals surface area contributed by atoms with Crippen molar-refractivity contribution in [3.8, 4) is 0 Å². The first kappa shape index (κ1) is 6.07. The SMILES string of the molecule is [B]c1cc(=O)c(F)c[nH]1. The van der Waals surface area contributed by atoms with Crippen LogP contribution < -0.4 is 11.0 Å². The maximum Gasteiger partial charge on any atom is 0.216 e. The molecule has 0 amide bonds. The lowest BCUT2D eigenvalue weighted by atomic mass is 10.0. The van der Waals surface area contributed by atoms with Crippen LogP contribution in [0.1, 0.15) is 0 Å². The molecule has 1 heterocycles. The van der Waals surface area contributed by atoms with Crippen LogP contribution >= 0.6 is 0 Å². The molecule has 2 radical (unpaired) electrons. The molecule has 9 heavy (non-hydrogen) atoms. The molecule has 2 nitrogen and oxygen atoms in total. The van der Waals surface area contributed by atoms with Crippen molar-refractivity contribution in [2.24, 2.45) is 0 Å². The fourth-order valence-electron chi connectivity index (χ4n) is 0.470. The van der Waals surface area contributed by atoms with Crippen LogP contribution in [0.4, 0.5) is 4.39 Å². The van der Waals surface area contributed by atoms with E-state index in [0.29, 0.717) is 0 Å². The van der Waals surface area contributed by atoms with E-state index in [-0.39, 0.29) is 5.59 Å². The maximum atomic E-state index is 12.1. The van der Waals surface area contributed by atoms with Gasteiger partial charge in [0.2, 0.25) is 5.43 Å². The molecule has 0 fully saturated rings. The van der Waals surface area contributed by atoms with Gasteiger partial charge in [0.05, 0.1) is 0 Å². The molecular weight excluding hydrogens is 120 g/mol. The van der Waals surface area contributed by atoms with Gasteiger partial charge >= 0.3 is 0 Å². The Hall–Kier alpha value is -1.06. The minimum Gasteiger partial charge on any atom is -0.372 e. The molecule has 44 valence electrons. The van der Waals surface area contributed by atoms with Gasteiger partial charge in [-0.2, -0.15) is 0 Å². The number of hydrogen-bond donors (Lipinski definition) is 1. The van der Waals surface area contributed by atoms with Crippen LogP contribution in [-0.2, 0) is 0 Å². The molecule has 1 N–H and O–H groups in total. The van der Waals surface area contributed by atoms with Crippen LogP contribution in [0.2, 0.25) is 0 Å². The second-order valence-electron chi connectivity index (χ2n) is 1.60. The number of halogens is 1. The van der Waals surface area contributed by atoms with E-state index in [1.54, 1.807) is 0 Å². The summed E-state index contributed by atoms with van der Waals surface area (Å²) in [5.74, 6) is -0.816. The van der Waals surface area contributed by atoms with E-state index in [1.165, 1.54) is 0 Å². The molecule has 0 aliphatic rings. The minimum atomic E-state index is -0.816. The Morgan fingerprint density at radius 2 is 2.33 bits per heavy atom. The van der Waals surface area contributed by atoms with E-state index in [0.717, 1.165) is 12.3 Å². The highest BCUT2D eigenvalue weighted by molar-refractivity contribution is 6.30. The second-order valence-corrected chi connectivity index (χ2v) is 1.60. The minimum absolute atomic E-state index is 0.168. The molecule has 0 aliphatic carbocycles. The molecule has 0 unspecified atom stereocenters. The average molecular weight is 123 g/mol. The first-order valence-corrected chi connectivity index (χ1v) is 2.34. The van der Waals surface area contributed by atoms with Gasteiger partial charge in [0.1, 0.15) is 7.85 Å². The first-order valence-electron chi connectivity index (χ1n) is 2.34. The topological polar surface area (TPSA) is 32.9 Å². The Bertz CT molecular complexity index is 270. The van der Waals surface area contributed by atoms with Crippen molar-refractivity contribution in [2.45, 2.75) is 0 Å². The van der Waals surface area contributed by atoms with Crippen molar-refractivity contribution in [1.29, 1.82) is 0 Å². The smallest absolute Gasteiger partial charge is 0.216 e. The zero-order valence-electron chi connectivity index (χ0n) is 4.52. The highest BCUT2D eigenvalue weighted by atomic mass is 19.1. The standard InChI is InChI=1S/C5H3BFNO/c6-5-1-4(9)3(7)2-8-5/h1-2H,(H,8,9). The Morgan fingerprint density at radius 1 is 1.67 bits per heavy atom. The van der Waals surface area contributed by atoms with Gasteiger partial charge in [-0.3, -0.25) is 4.79 Å². The van der Waals surface area contributed by atoms with Crippen molar-refractivity contribution < 1.29 is 4.39 Å². The molecule has 4 heteroatoms. The van der Waals surface area contributed by atoms with E-state index in [4.69, 9.17) is 7.85 Å². The summed E-state index contributed by atoms with van der Waals surface area (Å²) in [6.45, 7) is 0. The lowest BCUT2D eigenvalue weighted by Gasteiger charge is -1.89. The normalized spacial score (nSPS) is 9.44. The summed E-state index contributed by atoms with van der Waals surface area (Å²) in [6, 6.07) is 0.995. The van der Waals surface area contributed by atoms with Crippen LogP contribution in [0.5, 0.6) is 0 Å². The summed E-state index contributed by atoms with van der Waals surface area (Å²) in [6.07, 6.45) is 0.928. The number of aromatic amines is 1. The molecule has 1 rings (SSSR count). The third-order valence-electron chi connectivity index (χ3n) is 0.888. The van der Waals surface area contributed by atoms with Crippen molar-refractivity contribution >= 4 is 13.4 Å². The van der Waals surface area contributed by atoms with Crippen LogP contribution in [0, 0.1) is 5.82 Å². The van der Waals surface area contributed by atoms with E-state index < -0.39 is 11.2 Å². The van der Waals surface area contributed by atoms with Crippen LogP contribution in [0.25, 0.3) is 0 Å². The molecule has 1 aromatic heterocycles. The Balaban J connectivity index is 3.34. The number of pyridine rings is 1. The van der Waals surface area contributed by atoms with Crippen molar-refractivity contribution in [2.75, 3.05) is 0 Å². The quantitative estimate of drug-likeness (QED) is 0.455. The summed E-state index contributed by atoms with van der Waals surface area (Å²) in [4.78, 5) is 12.7. The zero-order valence-corrected chi connectivity index (χ0v) is 4.52. The van der Waals surface area contributed by atoms with Gasteiger partial charge in [-0.1, -0.05) is 0 Å². The largest absolute Gasteiger partial charge is 0.372 e. The van der Waals surface area contributed by atoms with Gasteiger partial charge in [0, 0.05) is 6.20 Å². The zero-order chi connectivity index (χ0) is 6.85. The summed E-state index contributed by atoms with van der Waals surface area (Å²) in [7, 11) is 5.11. The summed E-state index contributed by atoms with van der Waals surface area (Å²) < 4.78 is 12.1. The van der Waals surface area contributed by atoms with Gasteiger partial charge in [-0.25, -0.2) is 4.39 Å². The molecular formula is C5H3BFNO. The van der Waals surface area contributed by atoms with Crippen molar-refractivity contribution in [3.63, 3.8) is 0 Å². The van der Waals surface area contributed by atoms with Crippen LogP contribution in [0.15, 0.2) is 17.1 Å². The van der Waals surface area contributed by atoms with Crippen molar-refractivity contribution in [3.05, 3.63) is 28.3 Å². The summed E-state index contributed by atoms with van der Waals surface area (Å²) >= 11 is 0. The fraction of sp³-hybridized carbons (Fsp3) is 0. The van der Waals surface area contributed by atoms with Gasteiger partial charge < -0.3 is 4.98 Å². The van der Waals surface area contributed by atoms with E-state index in [9.17, 15) is 9.18 Å². The number of H-pyrrole nitrogens is 1. The molecule has 0 aliphatic heterocycles. The Morgan fingerprint density at radius 3 is 2.78 bits per heavy atom. The molecule has 0 aromatic carbocycles. The highest BCUT2D eigenvalue weighted by Crippen LogP contribution is 1.77. The Labute approximate surface area is 52.1 Å². The van der Waals surface area contributed by atoms with Gasteiger partial charge in [-0.05, 0) is 11.7 Å². The predicted molar refractivity (Wildman–Crippen MR) is 32.4 cm³/mol. The van der Waals surface area contributed by atoms with Crippen molar-refractivity contribution in [1.82, 2.24) is 4.98 Å². The fourth-order valence-corrected chi connectivity index (χ4v) is 0.470. The van der Waals surface area contributed by atoms with Gasteiger partial charge in [0.15, 0.2) is 5.82 Å². The molecule has 0 atom stereocenters. The maximum absolute atomic E-state index is 12.1. The predicted octanol–water partition coefficient (Wildman–Crippen LogP) is -0.692. The van der Waals surface area contributed by atoms with Gasteiger partial charge in [0.25, 0.3) is 0 Å². The molecule has 1 aromatic rings. The Kier molecular flexibility index (Phi) is 1.38. The van der Waals surface area contributed by atoms with Crippen LogP contribution in [-0.4, -0.2) is 12.8 Å². The lowest BCUT2D eigenvalue weighted by Crippen LogP contribution is -2.17. The molecule has 0 saturated heterocycles. The molecule has 0 saturated carbocycles. The lowest BCUT2D eigenvalue weighted by molar-refractivity contribution is 0.612. The van der Waals surface area contributed by atoms with E-state index >= 15 is 0 Å². The third-order valence-corrected chi connectivity index (χ3v) is 0.888. The average Bonchev–Trinajstić information content (AvgIpc) is 1.80. The second kappa shape index (κ2) is 2.05. The number of hydrogen-bond acceptors (Lipinski definition) is 1. The third kappa shape index (κ3) is 1.19. The first-order chi connectivity index (χ1) is 4.20. The summed E-state index contributed by atoms with van der Waals surface area (Å²) in [5.41, 5.74) is -0.521. The number of rotatable bonds is 0. The van der Waals surface area contributed by atoms with Gasteiger partial charge in [-0.15, -0.1) is 0 Å². The van der Waals surface area contributed by atoms with E-state index in [1.807, 2.05) is 0 Å². The molecule has 0 spiro atoms. The number of nitrogens with one attached hydrogen (secondary N) is 1. The monoisotopic (exact) mass is 123 g/mol. The van der Waals surface area contributed by atoms with E-state index in [2.05, 4.69) is 4.98 Å².